The van der Waals surface area contributed by atoms with Crippen LogP contribution in [0, 0.1) is 13.8 Å². The first-order valence-corrected chi connectivity index (χ1v) is 10.8. The van der Waals surface area contributed by atoms with Crippen LogP contribution in [0.5, 0.6) is 0 Å². The Bertz CT molecular complexity index is 1010. The number of amides is 1. The van der Waals surface area contributed by atoms with Gasteiger partial charge in [-0.1, -0.05) is 50.3 Å². The maximum atomic E-state index is 13.4. The Morgan fingerprint density at radius 3 is 2.28 bits per heavy atom. The molecular formula is C24H31N3OS. The number of anilines is 1. The Kier molecular flexibility index (Phi) is 6.11. The number of benzene rings is 2. The van der Waals surface area contributed by atoms with E-state index < -0.39 is 0 Å². The lowest BCUT2D eigenvalue weighted by Gasteiger charge is -2.23. The highest BCUT2D eigenvalue weighted by molar-refractivity contribution is 7.22. The highest BCUT2D eigenvalue weighted by Crippen LogP contribution is 2.33. The van der Waals surface area contributed by atoms with Gasteiger partial charge in [-0.2, -0.15) is 0 Å². The molecule has 0 aliphatic heterocycles. The fourth-order valence-corrected chi connectivity index (χ4v) is 4.37. The molecule has 0 aliphatic carbocycles. The highest BCUT2D eigenvalue weighted by Gasteiger charge is 2.23. The molecule has 0 atom stereocenters. The van der Waals surface area contributed by atoms with Crippen LogP contribution in [0.2, 0.25) is 0 Å². The minimum absolute atomic E-state index is 0.000685. The summed E-state index contributed by atoms with van der Waals surface area (Å²) in [6, 6.07) is 12.3. The maximum Gasteiger partial charge on any atom is 0.260 e. The van der Waals surface area contributed by atoms with Crippen molar-refractivity contribution in [2.75, 3.05) is 32.1 Å². The molecule has 1 aromatic heterocycles. The van der Waals surface area contributed by atoms with E-state index in [1.165, 1.54) is 16.7 Å². The summed E-state index contributed by atoms with van der Waals surface area (Å²) in [4.78, 5) is 22.2. The van der Waals surface area contributed by atoms with Crippen LogP contribution in [0.4, 0.5) is 5.13 Å². The van der Waals surface area contributed by atoms with Gasteiger partial charge < -0.3 is 4.90 Å². The summed E-state index contributed by atoms with van der Waals surface area (Å²) in [7, 11) is 4.04. The van der Waals surface area contributed by atoms with Gasteiger partial charge >= 0.3 is 0 Å². The predicted octanol–water partition coefficient (Wildman–Crippen LogP) is 5.42. The van der Waals surface area contributed by atoms with E-state index in [1.54, 1.807) is 11.3 Å². The Morgan fingerprint density at radius 1 is 1.03 bits per heavy atom. The van der Waals surface area contributed by atoms with Crippen molar-refractivity contribution in [1.29, 1.82) is 0 Å². The summed E-state index contributed by atoms with van der Waals surface area (Å²) >= 11 is 1.60. The number of thiazole rings is 1. The average molecular weight is 410 g/mol. The topological polar surface area (TPSA) is 36.4 Å². The Morgan fingerprint density at radius 2 is 1.69 bits per heavy atom. The molecule has 0 saturated carbocycles. The van der Waals surface area contributed by atoms with Gasteiger partial charge in [-0.25, -0.2) is 4.98 Å². The van der Waals surface area contributed by atoms with Gasteiger partial charge in [0.05, 0.1) is 10.2 Å². The van der Waals surface area contributed by atoms with E-state index in [2.05, 4.69) is 63.8 Å². The molecule has 0 radical (unpaired) electrons. The molecule has 0 unspecified atom stereocenters. The first-order valence-electron chi connectivity index (χ1n) is 10.0. The number of rotatable bonds is 5. The van der Waals surface area contributed by atoms with Crippen LogP contribution in [0.15, 0.2) is 36.4 Å². The van der Waals surface area contributed by atoms with Gasteiger partial charge in [0.25, 0.3) is 5.91 Å². The molecule has 0 aliphatic rings. The van der Waals surface area contributed by atoms with Crippen molar-refractivity contribution < 1.29 is 4.79 Å². The van der Waals surface area contributed by atoms with Crippen LogP contribution < -0.4 is 4.90 Å². The number of fused-ring (bicyclic) bond motifs is 1. The van der Waals surface area contributed by atoms with Crippen molar-refractivity contribution in [2.45, 2.75) is 40.0 Å². The maximum absolute atomic E-state index is 13.4. The summed E-state index contributed by atoms with van der Waals surface area (Å²) in [5, 5.41) is 0.764. The molecule has 0 spiro atoms. The summed E-state index contributed by atoms with van der Waals surface area (Å²) in [5.74, 6) is 0.000685. The predicted molar refractivity (Wildman–Crippen MR) is 124 cm³/mol. The molecule has 29 heavy (non-hydrogen) atoms. The molecule has 0 N–H and O–H groups in total. The molecule has 0 saturated heterocycles. The normalized spacial score (nSPS) is 12.0. The zero-order valence-corrected chi connectivity index (χ0v) is 19.4. The summed E-state index contributed by atoms with van der Waals surface area (Å²) in [5.41, 5.74) is 5.35. The standard InChI is InChI=1S/C24H31N3OS/c1-16-14-17(2)21-20(15-16)25-23(29-21)27(13-12-26(6)7)22(28)18-8-10-19(11-9-18)24(3,4)5/h8-11,14-15H,12-13H2,1-7H3. The van der Waals surface area contributed by atoms with Crippen LogP contribution >= 0.6 is 11.3 Å². The number of aromatic nitrogens is 1. The molecule has 5 heteroatoms. The number of likely N-dealkylation sites (N-methyl/N-ethyl adjacent to an activating group) is 1. The second-order valence-corrected chi connectivity index (χ2v) is 9.99. The van der Waals surface area contributed by atoms with E-state index in [-0.39, 0.29) is 11.3 Å². The van der Waals surface area contributed by atoms with Gasteiger partial charge in [0.2, 0.25) is 0 Å². The van der Waals surface area contributed by atoms with Crippen molar-refractivity contribution in [3.8, 4) is 0 Å². The fraction of sp³-hybridized carbons (Fsp3) is 0.417. The van der Waals surface area contributed by atoms with Gasteiger partial charge in [-0.3, -0.25) is 9.69 Å². The van der Waals surface area contributed by atoms with Gasteiger partial charge in [0.15, 0.2) is 5.13 Å². The SMILES string of the molecule is Cc1cc(C)c2sc(N(CCN(C)C)C(=O)c3ccc(C(C)(C)C)cc3)nc2c1. The van der Waals surface area contributed by atoms with Gasteiger partial charge in [-0.15, -0.1) is 0 Å². The quantitative estimate of drug-likeness (QED) is 0.565. The van der Waals surface area contributed by atoms with Crippen molar-refractivity contribution in [2.24, 2.45) is 0 Å². The second-order valence-electron chi connectivity index (χ2n) is 9.01. The largest absolute Gasteiger partial charge is 0.308 e. The van der Waals surface area contributed by atoms with E-state index in [0.29, 0.717) is 12.1 Å². The van der Waals surface area contributed by atoms with Crippen LogP contribution in [0.25, 0.3) is 10.2 Å². The first-order chi connectivity index (χ1) is 13.6. The van der Waals surface area contributed by atoms with Crippen LogP contribution in [-0.2, 0) is 5.41 Å². The monoisotopic (exact) mass is 409 g/mol. The zero-order valence-electron chi connectivity index (χ0n) is 18.5. The zero-order chi connectivity index (χ0) is 21.3. The molecule has 4 nitrogen and oxygen atoms in total. The van der Waals surface area contributed by atoms with E-state index in [9.17, 15) is 4.79 Å². The minimum Gasteiger partial charge on any atom is -0.308 e. The molecule has 154 valence electrons. The molecule has 1 heterocycles. The lowest BCUT2D eigenvalue weighted by atomic mass is 9.86. The van der Waals surface area contributed by atoms with Crippen molar-refractivity contribution in [1.82, 2.24) is 9.88 Å². The van der Waals surface area contributed by atoms with E-state index in [1.807, 2.05) is 31.1 Å². The number of aryl methyl sites for hydroxylation is 2. The van der Waals surface area contributed by atoms with Crippen molar-refractivity contribution in [3.05, 3.63) is 58.7 Å². The van der Waals surface area contributed by atoms with E-state index in [0.717, 1.165) is 21.9 Å². The Labute approximate surface area is 178 Å². The van der Waals surface area contributed by atoms with Gasteiger partial charge in [-0.05, 0) is 68.2 Å². The molecule has 3 aromatic rings. The van der Waals surface area contributed by atoms with Gasteiger partial charge in [0, 0.05) is 18.7 Å². The third kappa shape index (κ3) is 4.85. The Balaban J connectivity index is 1.98. The Hall–Kier alpha value is -2.24. The molecule has 3 rings (SSSR count). The summed E-state index contributed by atoms with van der Waals surface area (Å²) in [6.07, 6.45) is 0. The number of carbonyl (C=O) groups is 1. The van der Waals surface area contributed by atoms with Crippen LogP contribution in [0.3, 0.4) is 0 Å². The number of hydrogen-bond acceptors (Lipinski definition) is 4. The lowest BCUT2D eigenvalue weighted by Crippen LogP contribution is -2.36. The summed E-state index contributed by atoms with van der Waals surface area (Å²) < 4.78 is 1.15. The molecule has 1 amide bonds. The molecule has 2 aromatic carbocycles. The highest BCUT2D eigenvalue weighted by atomic mass is 32.1. The van der Waals surface area contributed by atoms with Crippen molar-refractivity contribution in [3.63, 3.8) is 0 Å². The first kappa shape index (κ1) is 21.5. The molecular weight excluding hydrogens is 378 g/mol. The van der Waals surface area contributed by atoms with Crippen molar-refractivity contribution >= 4 is 32.6 Å². The third-order valence-corrected chi connectivity index (χ3v) is 6.28. The van der Waals surface area contributed by atoms with Gasteiger partial charge in [0.1, 0.15) is 0 Å². The number of nitrogens with zero attached hydrogens (tertiary/aromatic N) is 3. The van der Waals surface area contributed by atoms with Crippen LogP contribution in [0.1, 0.15) is 47.8 Å². The van der Waals surface area contributed by atoms with E-state index in [4.69, 9.17) is 4.98 Å². The second kappa shape index (κ2) is 8.25. The number of hydrogen-bond donors (Lipinski definition) is 0. The lowest BCUT2D eigenvalue weighted by molar-refractivity contribution is 0.0985. The van der Waals surface area contributed by atoms with E-state index >= 15 is 0 Å². The minimum atomic E-state index is 0.000685. The third-order valence-electron chi connectivity index (χ3n) is 5.05. The fourth-order valence-electron chi connectivity index (χ4n) is 3.33. The summed E-state index contributed by atoms with van der Waals surface area (Å²) in [6.45, 7) is 12.1. The smallest absolute Gasteiger partial charge is 0.260 e. The van der Waals surface area contributed by atoms with Crippen LogP contribution in [-0.4, -0.2) is 43.0 Å². The molecule has 0 bridgehead atoms. The average Bonchev–Trinajstić information content (AvgIpc) is 3.05. The number of carbonyl (C=O) groups excluding carboxylic acids is 1. The molecule has 0 fully saturated rings.